The Morgan fingerprint density at radius 1 is 1.43 bits per heavy atom. The lowest BCUT2D eigenvalue weighted by Crippen LogP contribution is -2.39. The van der Waals surface area contributed by atoms with Crippen LogP contribution in [0.2, 0.25) is 0 Å². The fourth-order valence-corrected chi connectivity index (χ4v) is 3.51. The van der Waals surface area contributed by atoms with Crippen LogP contribution >= 0.6 is 11.3 Å². The van der Waals surface area contributed by atoms with Gasteiger partial charge in [0.2, 0.25) is 0 Å². The third-order valence-corrected chi connectivity index (χ3v) is 4.71. The molecule has 1 amide bonds. The molecule has 1 N–H and O–H groups in total. The van der Waals surface area contributed by atoms with Gasteiger partial charge in [0.25, 0.3) is 5.91 Å². The number of rotatable bonds is 5. The van der Waals surface area contributed by atoms with Gasteiger partial charge in [-0.15, -0.1) is 11.3 Å². The highest BCUT2D eigenvalue weighted by molar-refractivity contribution is 7.12. The summed E-state index contributed by atoms with van der Waals surface area (Å²) in [7, 11) is 0. The SMILES string of the molecule is CC(=O)c1csc(C(=O)N2CCCC(CCC(=O)O)C2)c1. The smallest absolute Gasteiger partial charge is 0.303 e. The van der Waals surface area contributed by atoms with Gasteiger partial charge >= 0.3 is 5.97 Å². The van der Waals surface area contributed by atoms with Crippen molar-refractivity contribution >= 4 is 29.0 Å². The van der Waals surface area contributed by atoms with E-state index in [-0.39, 0.29) is 24.0 Å². The van der Waals surface area contributed by atoms with Crippen molar-refractivity contribution in [2.24, 2.45) is 5.92 Å². The lowest BCUT2D eigenvalue weighted by molar-refractivity contribution is -0.137. The Kier molecular flexibility index (Phi) is 5.12. The molecule has 0 aromatic carbocycles. The van der Waals surface area contributed by atoms with Crippen LogP contribution in [0.1, 0.15) is 52.6 Å². The molecule has 1 fully saturated rings. The van der Waals surface area contributed by atoms with E-state index in [1.54, 1.807) is 16.3 Å². The first-order valence-electron chi connectivity index (χ1n) is 7.08. The first-order chi connectivity index (χ1) is 9.97. The molecule has 0 spiro atoms. The van der Waals surface area contributed by atoms with Gasteiger partial charge in [-0.25, -0.2) is 0 Å². The number of piperidine rings is 1. The summed E-state index contributed by atoms with van der Waals surface area (Å²) in [5, 5.41) is 10.5. The minimum atomic E-state index is -0.789. The summed E-state index contributed by atoms with van der Waals surface area (Å²) in [5.74, 6) is -0.621. The van der Waals surface area contributed by atoms with E-state index in [9.17, 15) is 14.4 Å². The largest absolute Gasteiger partial charge is 0.481 e. The number of hydrogen-bond donors (Lipinski definition) is 1. The predicted molar refractivity (Wildman–Crippen MR) is 79.8 cm³/mol. The average Bonchev–Trinajstić information content (AvgIpc) is 2.94. The molecule has 0 saturated carbocycles. The monoisotopic (exact) mass is 309 g/mol. The van der Waals surface area contributed by atoms with Crippen molar-refractivity contribution in [2.45, 2.75) is 32.6 Å². The third kappa shape index (κ3) is 4.14. The van der Waals surface area contributed by atoms with Crippen LogP contribution in [0.5, 0.6) is 0 Å². The van der Waals surface area contributed by atoms with Crippen LogP contribution in [-0.2, 0) is 4.79 Å². The van der Waals surface area contributed by atoms with Gasteiger partial charge in [-0.3, -0.25) is 14.4 Å². The van der Waals surface area contributed by atoms with Gasteiger partial charge in [-0.2, -0.15) is 0 Å². The van der Waals surface area contributed by atoms with Crippen LogP contribution in [0.3, 0.4) is 0 Å². The van der Waals surface area contributed by atoms with Crippen molar-refractivity contribution in [3.8, 4) is 0 Å². The van der Waals surface area contributed by atoms with Crippen molar-refractivity contribution in [3.05, 3.63) is 21.9 Å². The molecule has 5 nitrogen and oxygen atoms in total. The highest BCUT2D eigenvalue weighted by atomic mass is 32.1. The normalized spacial score (nSPS) is 18.5. The van der Waals surface area contributed by atoms with Crippen LogP contribution in [-0.4, -0.2) is 40.8 Å². The molecule has 1 atom stereocenters. The van der Waals surface area contributed by atoms with E-state index in [0.29, 0.717) is 30.0 Å². The Balaban J connectivity index is 1.97. The van der Waals surface area contributed by atoms with Gasteiger partial charge in [-0.05, 0) is 38.2 Å². The van der Waals surface area contributed by atoms with Gasteiger partial charge in [0.15, 0.2) is 5.78 Å². The second-order valence-electron chi connectivity index (χ2n) is 5.45. The first kappa shape index (κ1) is 15.7. The van der Waals surface area contributed by atoms with Crippen LogP contribution in [0.25, 0.3) is 0 Å². The predicted octanol–water partition coefficient (Wildman–Crippen LogP) is 2.67. The van der Waals surface area contributed by atoms with E-state index in [4.69, 9.17) is 5.11 Å². The lowest BCUT2D eigenvalue weighted by Gasteiger charge is -2.32. The molecule has 21 heavy (non-hydrogen) atoms. The molecule has 6 heteroatoms. The van der Waals surface area contributed by atoms with Crippen LogP contribution < -0.4 is 0 Å². The van der Waals surface area contributed by atoms with E-state index in [0.717, 1.165) is 12.8 Å². The fourth-order valence-electron chi connectivity index (χ4n) is 2.60. The highest BCUT2D eigenvalue weighted by Gasteiger charge is 2.25. The Labute approximate surface area is 127 Å². The summed E-state index contributed by atoms with van der Waals surface area (Å²) < 4.78 is 0. The summed E-state index contributed by atoms with van der Waals surface area (Å²) in [6, 6.07) is 1.65. The molecule has 1 aliphatic rings. The number of thiophene rings is 1. The fraction of sp³-hybridized carbons (Fsp3) is 0.533. The molecule has 114 valence electrons. The molecule has 1 aromatic heterocycles. The molecule has 0 aliphatic carbocycles. The number of carboxylic acids is 1. The zero-order chi connectivity index (χ0) is 15.4. The van der Waals surface area contributed by atoms with Crippen LogP contribution in [0.15, 0.2) is 11.4 Å². The summed E-state index contributed by atoms with van der Waals surface area (Å²) in [6.45, 7) is 2.80. The maximum absolute atomic E-state index is 12.4. The van der Waals surface area contributed by atoms with Crippen LogP contribution in [0, 0.1) is 5.92 Å². The van der Waals surface area contributed by atoms with E-state index in [1.807, 2.05) is 0 Å². The van der Waals surface area contributed by atoms with Gasteiger partial charge in [0, 0.05) is 30.5 Å². The number of Topliss-reactive ketones (excluding diaryl/α,β-unsaturated/α-hetero) is 1. The zero-order valence-corrected chi connectivity index (χ0v) is 12.8. The van der Waals surface area contributed by atoms with Crippen molar-refractivity contribution in [3.63, 3.8) is 0 Å². The number of likely N-dealkylation sites (tertiary alicyclic amines) is 1. The van der Waals surface area contributed by atoms with Crippen molar-refractivity contribution in [1.82, 2.24) is 4.90 Å². The lowest BCUT2D eigenvalue weighted by atomic mass is 9.93. The molecule has 1 aliphatic heterocycles. The van der Waals surface area contributed by atoms with Crippen LogP contribution in [0.4, 0.5) is 0 Å². The van der Waals surface area contributed by atoms with E-state index < -0.39 is 5.97 Å². The number of carboxylic acid groups (broad SMARTS) is 1. The highest BCUT2D eigenvalue weighted by Crippen LogP contribution is 2.24. The number of amides is 1. The molecule has 0 radical (unpaired) electrons. The number of ketones is 1. The maximum atomic E-state index is 12.4. The topological polar surface area (TPSA) is 74.7 Å². The van der Waals surface area contributed by atoms with E-state index in [1.165, 1.54) is 18.3 Å². The zero-order valence-electron chi connectivity index (χ0n) is 12.0. The third-order valence-electron chi connectivity index (χ3n) is 3.79. The minimum absolute atomic E-state index is 0.0386. The second-order valence-corrected chi connectivity index (χ2v) is 6.36. The number of nitrogens with zero attached hydrogens (tertiary/aromatic N) is 1. The van der Waals surface area contributed by atoms with Gasteiger partial charge in [-0.1, -0.05) is 0 Å². The van der Waals surface area contributed by atoms with Crippen molar-refractivity contribution in [1.29, 1.82) is 0 Å². The molecule has 2 rings (SSSR count). The van der Waals surface area contributed by atoms with E-state index in [2.05, 4.69) is 0 Å². The van der Waals surface area contributed by atoms with Gasteiger partial charge in [0.1, 0.15) is 0 Å². The van der Waals surface area contributed by atoms with E-state index >= 15 is 0 Å². The molecule has 1 aromatic rings. The average molecular weight is 309 g/mol. The number of carbonyl (C=O) groups is 3. The Hall–Kier alpha value is -1.69. The Morgan fingerprint density at radius 2 is 2.19 bits per heavy atom. The van der Waals surface area contributed by atoms with Crippen molar-refractivity contribution in [2.75, 3.05) is 13.1 Å². The molecule has 0 bridgehead atoms. The molecule has 1 saturated heterocycles. The molecular weight excluding hydrogens is 290 g/mol. The summed E-state index contributed by atoms with van der Waals surface area (Å²) >= 11 is 1.29. The first-order valence-corrected chi connectivity index (χ1v) is 7.96. The second kappa shape index (κ2) is 6.85. The van der Waals surface area contributed by atoms with Crippen molar-refractivity contribution < 1.29 is 19.5 Å². The number of hydrogen-bond acceptors (Lipinski definition) is 4. The standard InChI is InChI=1S/C15H19NO4S/c1-10(17)12-7-13(21-9-12)15(20)16-6-2-3-11(8-16)4-5-14(18)19/h7,9,11H,2-6,8H2,1H3,(H,18,19). The quantitative estimate of drug-likeness (QED) is 0.849. The summed E-state index contributed by atoms with van der Waals surface area (Å²) in [4.78, 5) is 36.7. The molecule has 1 unspecified atom stereocenters. The molecular formula is C15H19NO4S. The Bertz CT molecular complexity index is 552. The van der Waals surface area contributed by atoms with Gasteiger partial charge in [0.05, 0.1) is 4.88 Å². The summed E-state index contributed by atoms with van der Waals surface area (Å²) in [6.07, 6.45) is 2.64. The minimum Gasteiger partial charge on any atom is -0.481 e. The maximum Gasteiger partial charge on any atom is 0.303 e. The Morgan fingerprint density at radius 3 is 2.81 bits per heavy atom. The number of carbonyl (C=O) groups excluding carboxylic acids is 2. The van der Waals surface area contributed by atoms with Gasteiger partial charge < -0.3 is 10.0 Å². The summed E-state index contributed by atoms with van der Waals surface area (Å²) in [5.41, 5.74) is 0.572. The number of aliphatic carboxylic acids is 1. The molecule has 2 heterocycles.